The molecule has 2 rings (SSSR count). The number of hydrogen-bond donors (Lipinski definition) is 1. The average molecular weight is 290 g/mol. The van der Waals surface area contributed by atoms with E-state index in [1.807, 2.05) is 6.07 Å². The molecular formula is C16H22N2OS. The molecule has 1 heterocycles. The third-order valence-corrected chi connectivity index (χ3v) is 4.46. The molecule has 20 heavy (non-hydrogen) atoms. The molecule has 0 bridgehead atoms. The Bertz CT molecular complexity index is 521. The van der Waals surface area contributed by atoms with Crippen molar-refractivity contribution in [3.63, 3.8) is 0 Å². The first kappa shape index (κ1) is 15.2. The molecule has 0 saturated carbocycles. The summed E-state index contributed by atoms with van der Waals surface area (Å²) < 4.78 is 5.52. The fraction of sp³-hybridized carbons (Fsp3) is 0.438. The normalized spacial score (nSPS) is 12.6. The summed E-state index contributed by atoms with van der Waals surface area (Å²) in [6, 6.07) is 10.5. The smallest absolute Gasteiger partial charge is 0.122 e. The molecule has 4 heteroatoms. The SMILES string of the molecule is CCNCc1nc(C(CC)OC)sc1-c1ccccc1. The molecule has 0 radical (unpaired) electrons. The van der Waals surface area contributed by atoms with Crippen molar-refractivity contribution in [3.05, 3.63) is 41.0 Å². The highest BCUT2D eigenvalue weighted by Gasteiger charge is 2.18. The molecule has 108 valence electrons. The van der Waals surface area contributed by atoms with E-state index < -0.39 is 0 Å². The monoisotopic (exact) mass is 290 g/mol. The number of ether oxygens (including phenoxy) is 1. The maximum absolute atomic E-state index is 5.52. The number of methoxy groups -OCH3 is 1. The van der Waals surface area contributed by atoms with Gasteiger partial charge in [0, 0.05) is 13.7 Å². The Morgan fingerprint density at radius 2 is 2.00 bits per heavy atom. The molecule has 3 nitrogen and oxygen atoms in total. The van der Waals surface area contributed by atoms with Crippen LogP contribution < -0.4 is 5.32 Å². The van der Waals surface area contributed by atoms with Crippen molar-refractivity contribution in [1.29, 1.82) is 0 Å². The highest BCUT2D eigenvalue weighted by atomic mass is 32.1. The predicted molar refractivity (Wildman–Crippen MR) is 85.0 cm³/mol. The van der Waals surface area contributed by atoms with Gasteiger partial charge >= 0.3 is 0 Å². The molecule has 0 aliphatic rings. The number of rotatable bonds is 7. The van der Waals surface area contributed by atoms with Gasteiger partial charge in [-0.15, -0.1) is 11.3 Å². The zero-order valence-corrected chi connectivity index (χ0v) is 13.2. The Kier molecular flexibility index (Phi) is 5.71. The third kappa shape index (κ3) is 3.45. The second-order valence-corrected chi connectivity index (χ2v) is 5.64. The van der Waals surface area contributed by atoms with Crippen molar-refractivity contribution in [2.24, 2.45) is 0 Å². The van der Waals surface area contributed by atoms with E-state index in [1.165, 1.54) is 10.4 Å². The zero-order chi connectivity index (χ0) is 14.4. The van der Waals surface area contributed by atoms with E-state index in [0.717, 1.165) is 30.2 Å². The van der Waals surface area contributed by atoms with Crippen LogP contribution >= 0.6 is 11.3 Å². The van der Waals surface area contributed by atoms with Crippen molar-refractivity contribution < 1.29 is 4.74 Å². The van der Waals surface area contributed by atoms with Gasteiger partial charge in [-0.05, 0) is 18.5 Å². The minimum absolute atomic E-state index is 0.0952. The minimum Gasteiger partial charge on any atom is -0.374 e. The van der Waals surface area contributed by atoms with Crippen LogP contribution in [0, 0.1) is 0 Å². The van der Waals surface area contributed by atoms with Crippen molar-refractivity contribution >= 4 is 11.3 Å². The van der Waals surface area contributed by atoms with Crippen LogP contribution in [0.5, 0.6) is 0 Å². The van der Waals surface area contributed by atoms with Crippen molar-refractivity contribution in [2.45, 2.75) is 32.9 Å². The van der Waals surface area contributed by atoms with Crippen molar-refractivity contribution in [3.8, 4) is 10.4 Å². The maximum Gasteiger partial charge on any atom is 0.122 e. The summed E-state index contributed by atoms with van der Waals surface area (Å²) in [5, 5.41) is 4.44. The Balaban J connectivity index is 2.37. The molecule has 1 aromatic carbocycles. The summed E-state index contributed by atoms with van der Waals surface area (Å²) in [5.41, 5.74) is 2.35. The van der Waals surface area contributed by atoms with E-state index in [9.17, 15) is 0 Å². The summed E-state index contributed by atoms with van der Waals surface area (Å²) in [4.78, 5) is 6.04. The zero-order valence-electron chi connectivity index (χ0n) is 12.3. The number of nitrogens with one attached hydrogen (secondary N) is 1. The fourth-order valence-corrected chi connectivity index (χ4v) is 3.38. The minimum atomic E-state index is 0.0952. The molecule has 2 aromatic rings. The Morgan fingerprint density at radius 1 is 1.25 bits per heavy atom. The third-order valence-electron chi connectivity index (χ3n) is 3.22. The summed E-state index contributed by atoms with van der Waals surface area (Å²) in [6.07, 6.45) is 1.04. The van der Waals surface area contributed by atoms with Crippen LogP contribution in [0.15, 0.2) is 30.3 Å². The molecule has 0 saturated heterocycles. The van der Waals surface area contributed by atoms with Gasteiger partial charge in [-0.25, -0.2) is 4.98 Å². The van der Waals surface area contributed by atoms with Crippen LogP contribution in [0.1, 0.15) is 37.1 Å². The van der Waals surface area contributed by atoms with Crippen molar-refractivity contribution in [2.75, 3.05) is 13.7 Å². The van der Waals surface area contributed by atoms with E-state index in [2.05, 4.69) is 43.4 Å². The van der Waals surface area contributed by atoms with Gasteiger partial charge in [-0.1, -0.05) is 44.2 Å². The lowest BCUT2D eigenvalue weighted by molar-refractivity contribution is 0.0996. The summed E-state index contributed by atoms with van der Waals surface area (Å²) in [6.45, 7) is 5.99. The van der Waals surface area contributed by atoms with Gasteiger partial charge < -0.3 is 10.1 Å². The second-order valence-electron chi connectivity index (χ2n) is 4.61. The molecule has 1 N–H and O–H groups in total. The van der Waals surface area contributed by atoms with Gasteiger partial charge in [-0.2, -0.15) is 0 Å². The molecule has 1 unspecified atom stereocenters. The first-order valence-corrected chi connectivity index (χ1v) is 7.90. The molecule has 0 fully saturated rings. The summed E-state index contributed by atoms with van der Waals surface area (Å²) in [5.74, 6) is 0. The number of benzene rings is 1. The van der Waals surface area contributed by atoms with Gasteiger partial charge in [0.15, 0.2) is 0 Å². The Hall–Kier alpha value is -1.23. The molecule has 0 spiro atoms. The molecule has 0 amide bonds. The van der Waals surface area contributed by atoms with E-state index >= 15 is 0 Å². The molecule has 1 atom stereocenters. The Morgan fingerprint density at radius 3 is 2.60 bits per heavy atom. The lowest BCUT2D eigenvalue weighted by Gasteiger charge is -2.08. The first-order chi connectivity index (χ1) is 9.80. The lowest BCUT2D eigenvalue weighted by Crippen LogP contribution is -2.13. The number of nitrogens with zero attached hydrogens (tertiary/aromatic N) is 1. The van der Waals surface area contributed by atoms with Crippen LogP contribution in [0.2, 0.25) is 0 Å². The predicted octanol–water partition coefficient (Wildman–Crippen LogP) is 4.02. The quantitative estimate of drug-likeness (QED) is 0.836. The van der Waals surface area contributed by atoms with Crippen molar-refractivity contribution in [1.82, 2.24) is 10.3 Å². The number of aromatic nitrogens is 1. The topological polar surface area (TPSA) is 34.2 Å². The number of thiazole rings is 1. The largest absolute Gasteiger partial charge is 0.374 e. The second kappa shape index (κ2) is 7.53. The lowest BCUT2D eigenvalue weighted by atomic mass is 10.1. The molecule has 0 aliphatic heterocycles. The van der Waals surface area contributed by atoms with Crippen LogP contribution in [-0.2, 0) is 11.3 Å². The average Bonchev–Trinajstić information content (AvgIpc) is 2.91. The molecule has 1 aromatic heterocycles. The van der Waals surface area contributed by atoms with Gasteiger partial charge in [0.05, 0.1) is 10.6 Å². The Labute approximate surface area is 125 Å². The highest BCUT2D eigenvalue weighted by molar-refractivity contribution is 7.15. The summed E-state index contributed by atoms with van der Waals surface area (Å²) >= 11 is 1.74. The summed E-state index contributed by atoms with van der Waals surface area (Å²) in [7, 11) is 1.75. The number of hydrogen-bond acceptors (Lipinski definition) is 4. The molecular weight excluding hydrogens is 268 g/mol. The van der Waals surface area contributed by atoms with Gasteiger partial charge in [0.25, 0.3) is 0 Å². The van der Waals surface area contributed by atoms with E-state index in [-0.39, 0.29) is 6.10 Å². The molecule has 0 aliphatic carbocycles. The van der Waals surface area contributed by atoms with Crippen LogP contribution in [0.4, 0.5) is 0 Å². The van der Waals surface area contributed by atoms with E-state index in [1.54, 1.807) is 18.4 Å². The standard InChI is InChI=1S/C16H22N2OS/c1-4-14(19-3)16-18-13(11-17-5-2)15(20-16)12-9-7-6-8-10-12/h6-10,14,17H,4-5,11H2,1-3H3. The van der Waals surface area contributed by atoms with E-state index in [0.29, 0.717) is 0 Å². The van der Waals surface area contributed by atoms with Gasteiger partial charge in [0.1, 0.15) is 11.1 Å². The van der Waals surface area contributed by atoms with E-state index in [4.69, 9.17) is 9.72 Å². The highest BCUT2D eigenvalue weighted by Crippen LogP contribution is 2.34. The van der Waals surface area contributed by atoms with Crippen LogP contribution in [0.3, 0.4) is 0 Å². The van der Waals surface area contributed by atoms with Gasteiger partial charge in [-0.3, -0.25) is 0 Å². The van der Waals surface area contributed by atoms with Crippen LogP contribution in [-0.4, -0.2) is 18.6 Å². The maximum atomic E-state index is 5.52. The first-order valence-electron chi connectivity index (χ1n) is 7.08. The van der Waals surface area contributed by atoms with Gasteiger partial charge in [0.2, 0.25) is 0 Å². The van der Waals surface area contributed by atoms with Crippen LogP contribution in [0.25, 0.3) is 10.4 Å². The fourth-order valence-electron chi connectivity index (χ4n) is 2.13.